The van der Waals surface area contributed by atoms with E-state index in [2.05, 4.69) is 98.5 Å². The third kappa shape index (κ3) is 2.91. The summed E-state index contributed by atoms with van der Waals surface area (Å²) < 4.78 is 1.29. The number of fused-ring (bicyclic) bond motifs is 1. The van der Waals surface area contributed by atoms with Crippen LogP contribution in [-0.2, 0) is 0 Å². The Morgan fingerprint density at radius 1 is 1.17 bits per heavy atom. The summed E-state index contributed by atoms with van der Waals surface area (Å²) in [5.74, 6) is 0.561. The number of allylic oxidation sites excluding steroid dienone is 9. The Labute approximate surface area is 153 Å². The molecule has 2 aliphatic carbocycles. The highest BCUT2D eigenvalue weighted by molar-refractivity contribution is 14.1. The maximum absolute atomic E-state index is 3.81. The van der Waals surface area contributed by atoms with E-state index in [1.807, 2.05) is 6.08 Å². The molecular formula is C22H23I. The fraction of sp³-hybridized carbons (Fsp3) is 0.273. The highest BCUT2D eigenvalue weighted by atomic mass is 127. The Hall–Kier alpha value is -1.35. The van der Waals surface area contributed by atoms with E-state index in [4.69, 9.17) is 0 Å². The number of halogens is 1. The summed E-state index contributed by atoms with van der Waals surface area (Å²) in [6.07, 6.45) is 11.9. The second kappa shape index (κ2) is 6.27. The van der Waals surface area contributed by atoms with Crippen LogP contribution < -0.4 is 0 Å². The van der Waals surface area contributed by atoms with Crippen molar-refractivity contribution in [3.8, 4) is 0 Å². The molecule has 0 aliphatic heterocycles. The van der Waals surface area contributed by atoms with Gasteiger partial charge in [-0.2, -0.15) is 0 Å². The largest absolute Gasteiger partial charge is 0.0991 e. The van der Waals surface area contributed by atoms with Gasteiger partial charge in [-0.3, -0.25) is 0 Å². The van der Waals surface area contributed by atoms with Crippen LogP contribution in [0.25, 0.3) is 5.57 Å². The molecule has 0 saturated carbocycles. The third-order valence-corrected chi connectivity index (χ3v) is 6.00. The van der Waals surface area contributed by atoms with Crippen LogP contribution >= 0.6 is 22.6 Å². The molecule has 0 nitrogen and oxygen atoms in total. The summed E-state index contributed by atoms with van der Waals surface area (Å²) in [5, 5.41) is 0. The van der Waals surface area contributed by atoms with Crippen LogP contribution in [-0.4, -0.2) is 0 Å². The second-order valence-electron chi connectivity index (χ2n) is 6.93. The van der Waals surface area contributed by atoms with Crippen LogP contribution in [0.2, 0.25) is 0 Å². The first-order valence-corrected chi connectivity index (χ1v) is 9.20. The fourth-order valence-electron chi connectivity index (χ4n) is 3.94. The summed E-state index contributed by atoms with van der Waals surface area (Å²) in [6.45, 7) is 10.8. The molecule has 2 aliphatic rings. The molecular weight excluding hydrogens is 391 g/mol. The molecule has 1 heteroatoms. The Balaban J connectivity index is 1.99. The maximum Gasteiger partial charge on any atom is 0.0130 e. The number of rotatable bonds is 3. The van der Waals surface area contributed by atoms with E-state index >= 15 is 0 Å². The van der Waals surface area contributed by atoms with Gasteiger partial charge < -0.3 is 0 Å². The van der Waals surface area contributed by atoms with Crippen molar-refractivity contribution in [2.24, 2.45) is 11.3 Å². The first-order chi connectivity index (χ1) is 10.9. The topological polar surface area (TPSA) is 0 Å². The molecule has 1 aromatic carbocycles. The van der Waals surface area contributed by atoms with Gasteiger partial charge in [0.05, 0.1) is 0 Å². The quantitative estimate of drug-likeness (QED) is 0.381. The van der Waals surface area contributed by atoms with Crippen LogP contribution in [0.1, 0.15) is 32.8 Å². The van der Waals surface area contributed by atoms with Gasteiger partial charge in [-0.05, 0) is 87.3 Å². The van der Waals surface area contributed by atoms with E-state index in [9.17, 15) is 0 Å². The standard InChI is InChI=1S/C22H23I/c1-5-6-7-20-15(2)19-13-10-17(14-21(19)22(20,3)4)16-8-11-18(23)12-9-16/h5-13,21H,1,14H2,2-4H3/b7-6-. The molecule has 0 heterocycles. The average molecular weight is 414 g/mol. The minimum Gasteiger partial charge on any atom is -0.0991 e. The van der Waals surface area contributed by atoms with Crippen LogP contribution in [0.3, 0.4) is 0 Å². The van der Waals surface area contributed by atoms with Gasteiger partial charge in [-0.1, -0.05) is 62.9 Å². The molecule has 0 fully saturated rings. The zero-order valence-corrected chi connectivity index (χ0v) is 16.2. The van der Waals surface area contributed by atoms with E-state index in [-0.39, 0.29) is 5.41 Å². The SMILES string of the molecule is C=C/C=C\C1=C(C)C2=CC=C(c3ccc(I)cc3)CC2C1(C)C. The number of hydrogen-bond donors (Lipinski definition) is 0. The first-order valence-electron chi connectivity index (χ1n) is 8.12. The molecule has 1 atom stereocenters. The normalized spacial score (nSPS) is 22.9. The Morgan fingerprint density at radius 3 is 2.52 bits per heavy atom. The van der Waals surface area contributed by atoms with Crippen molar-refractivity contribution >= 4 is 28.2 Å². The van der Waals surface area contributed by atoms with Crippen LogP contribution in [0.5, 0.6) is 0 Å². The molecule has 0 bridgehead atoms. The van der Waals surface area contributed by atoms with Crippen molar-refractivity contribution in [2.75, 3.05) is 0 Å². The lowest BCUT2D eigenvalue weighted by Gasteiger charge is -2.33. The van der Waals surface area contributed by atoms with Crippen LogP contribution in [0.15, 0.2) is 77.9 Å². The summed E-state index contributed by atoms with van der Waals surface area (Å²) >= 11 is 2.36. The molecule has 0 N–H and O–H groups in total. The molecule has 1 aromatic rings. The first kappa shape index (κ1) is 16.5. The zero-order chi connectivity index (χ0) is 16.6. The van der Waals surface area contributed by atoms with E-state index in [0.717, 1.165) is 6.42 Å². The molecule has 23 heavy (non-hydrogen) atoms. The van der Waals surface area contributed by atoms with Crippen LogP contribution in [0, 0.1) is 14.9 Å². The number of hydrogen-bond acceptors (Lipinski definition) is 0. The second-order valence-corrected chi connectivity index (χ2v) is 8.18. The summed E-state index contributed by atoms with van der Waals surface area (Å²) in [4.78, 5) is 0. The molecule has 118 valence electrons. The zero-order valence-electron chi connectivity index (χ0n) is 14.1. The van der Waals surface area contributed by atoms with Crippen molar-refractivity contribution in [3.63, 3.8) is 0 Å². The minimum atomic E-state index is 0.165. The average Bonchev–Trinajstić information content (AvgIpc) is 2.73. The highest BCUT2D eigenvalue weighted by Crippen LogP contribution is 2.55. The lowest BCUT2D eigenvalue weighted by atomic mass is 9.71. The maximum atomic E-state index is 3.81. The van der Waals surface area contributed by atoms with Crippen molar-refractivity contribution in [2.45, 2.75) is 27.2 Å². The molecule has 1 unspecified atom stereocenters. The van der Waals surface area contributed by atoms with Crippen LogP contribution in [0.4, 0.5) is 0 Å². The predicted octanol–water partition coefficient (Wildman–Crippen LogP) is 6.72. The fourth-order valence-corrected chi connectivity index (χ4v) is 4.30. The summed E-state index contributed by atoms with van der Waals surface area (Å²) in [5.41, 5.74) is 7.36. The van der Waals surface area contributed by atoms with Gasteiger partial charge in [0.2, 0.25) is 0 Å². The van der Waals surface area contributed by atoms with Crippen molar-refractivity contribution < 1.29 is 0 Å². The van der Waals surface area contributed by atoms with Gasteiger partial charge >= 0.3 is 0 Å². The van der Waals surface area contributed by atoms with Gasteiger partial charge in [0.25, 0.3) is 0 Å². The van der Waals surface area contributed by atoms with E-state index in [0.29, 0.717) is 5.92 Å². The third-order valence-electron chi connectivity index (χ3n) is 5.28. The van der Waals surface area contributed by atoms with Gasteiger partial charge in [0.15, 0.2) is 0 Å². The monoisotopic (exact) mass is 414 g/mol. The summed E-state index contributed by atoms with van der Waals surface area (Å²) in [7, 11) is 0. The predicted molar refractivity (Wildman–Crippen MR) is 109 cm³/mol. The summed E-state index contributed by atoms with van der Waals surface area (Å²) in [6, 6.07) is 8.87. The van der Waals surface area contributed by atoms with Crippen molar-refractivity contribution in [1.82, 2.24) is 0 Å². The Morgan fingerprint density at radius 2 is 1.87 bits per heavy atom. The molecule has 3 rings (SSSR count). The van der Waals surface area contributed by atoms with Gasteiger partial charge in [-0.25, -0.2) is 0 Å². The van der Waals surface area contributed by atoms with Gasteiger partial charge in [0, 0.05) is 3.57 Å². The minimum absolute atomic E-state index is 0.165. The molecule has 0 spiro atoms. The Kier molecular flexibility index (Phi) is 4.50. The molecule has 0 amide bonds. The number of benzene rings is 1. The van der Waals surface area contributed by atoms with Crippen molar-refractivity contribution in [3.05, 3.63) is 87.1 Å². The van der Waals surface area contributed by atoms with E-state index < -0.39 is 0 Å². The molecule has 0 saturated heterocycles. The van der Waals surface area contributed by atoms with Gasteiger partial charge in [0.1, 0.15) is 0 Å². The van der Waals surface area contributed by atoms with E-state index in [1.165, 1.54) is 31.4 Å². The van der Waals surface area contributed by atoms with Gasteiger partial charge in [-0.15, -0.1) is 0 Å². The highest BCUT2D eigenvalue weighted by Gasteiger charge is 2.43. The lowest BCUT2D eigenvalue weighted by Crippen LogP contribution is -2.23. The molecule has 0 radical (unpaired) electrons. The Bertz CT molecular complexity index is 752. The van der Waals surface area contributed by atoms with Crippen molar-refractivity contribution in [1.29, 1.82) is 0 Å². The smallest absolute Gasteiger partial charge is 0.0130 e. The van der Waals surface area contributed by atoms with E-state index in [1.54, 1.807) is 0 Å². The lowest BCUT2D eigenvalue weighted by molar-refractivity contribution is 0.339. The molecule has 0 aromatic heterocycles.